The van der Waals surface area contributed by atoms with Crippen molar-refractivity contribution in [3.05, 3.63) is 119 Å². The second kappa shape index (κ2) is 13.9. The molecule has 1 fully saturated rings. The van der Waals surface area contributed by atoms with Gasteiger partial charge in [-0.3, -0.25) is 19.4 Å². The summed E-state index contributed by atoms with van der Waals surface area (Å²) in [6.45, 7) is 5.39. The van der Waals surface area contributed by atoms with Crippen molar-refractivity contribution in [2.75, 3.05) is 37.7 Å². The van der Waals surface area contributed by atoms with Crippen LogP contribution in [0.3, 0.4) is 0 Å². The number of ether oxygens (including phenoxy) is 1. The van der Waals surface area contributed by atoms with E-state index in [0.717, 1.165) is 29.7 Å². The zero-order valence-corrected chi connectivity index (χ0v) is 28.5. The number of hydrogen-bond donors (Lipinski definition) is 1. The van der Waals surface area contributed by atoms with E-state index < -0.39 is 18.0 Å². The van der Waals surface area contributed by atoms with Crippen molar-refractivity contribution in [2.45, 2.75) is 32.2 Å². The number of fused-ring (bicyclic) bond motifs is 1. The maximum absolute atomic E-state index is 15.1. The second-order valence-corrected chi connectivity index (χ2v) is 13.0. The Labute approximate surface area is 297 Å². The zero-order valence-electron chi connectivity index (χ0n) is 28.5. The second-order valence-electron chi connectivity index (χ2n) is 13.0. The van der Waals surface area contributed by atoms with Crippen LogP contribution >= 0.6 is 0 Å². The van der Waals surface area contributed by atoms with Gasteiger partial charge in [-0.05, 0) is 73.0 Å². The lowest BCUT2D eigenvalue weighted by Gasteiger charge is -2.40. The monoisotopic (exact) mass is 716 g/mol. The van der Waals surface area contributed by atoms with Gasteiger partial charge in [0.05, 0.1) is 36.9 Å². The Morgan fingerprint density at radius 3 is 2.37 bits per heavy atom. The molecule has 14 heteroatoms. The fourth-order valence-electron chi connectivity index (χ4n) is 6.99. The minimum atomic E-state index is -4.82. The Morgan fingerprint density at radius 1 is 0.962 bits per heavy atom. The maximum Gasteiger partial charge on any atom is 0.504 e. The standard InChI is InChI=1S/C38H36F4N6O4/c1-24-33(37(51)48(28-8-10-31(49)11-9-28)30-20-43-47(23-30)38(40,41)42)19-35(44(24)2)34-18-27(39)7-12-32(34)36(50)46-21-26-6-4-3-5-25(26)17-29(46)22-45-13-15-52-16-14-45/h3-12,18-20,23,29,49H,13-17,21-22H2,1-2H3/t29-/m0/s1. The van der Waals surface area contributed by atoms with Gasteiger partial charge in [-0.1, -0.05) is 24.3 Å². The molecular formula is C38H36F4N6O4. The van der Waals surface area contributed by atoms with Gasteiger partial charge in [0.1, 0.15) is 11.6 Å². The molecule has 2 amide bonds. The van der Waals surface area contributed by atoms with E-state index >= 15 is 4.39 Å². The van der Waals surface area contributed by atoms with Crippen LogP contribution in [0.15, 0.2) is 85.2 Å². The highest BCUT2D eigenvalue weighted by Gasteiger charge is 2.36. The molecular weight excluding hydrogens is 680 g/mol. The fourth-order valence-corrected chi connectivity index (χ4v) is 6.99. The molecule has 1 N–H and O–H groups in total. The molecule has 2 aliphatic heterocycles. The summed E-state index contributed by atoms with van der Waals surface area (Å²) in [5, 5.41) is 13.3. The van der Waals surface area contributed by atoms with Crippen molar-refractivity contribution in [2.24, 2.45) is 7.05 Å². The third-order valence-corrected chi connectivity index (χ3v) is 9.84. The lowest BCUT2D eigenvalue weighted by molar-refractivity contribution is -0.212. The van der Waals surface area contributed by atoms with Crippen molar-refractivity contribution in [1.29, 1.82) is 0 Å². The largest absolute Gasteiger partial charge is 0.508 e. The van der Waals surface area contributed by atoms with E-state index in [-0.39, 0.29) is 50.4 Å². The molecule has 7 rings (SSSR count). The van der Waals surface area contributed by atoms with Gasteiger partial charge in [-0.2, -0.15) is 9.78 Å². The number of carbonyl (C=O) groups is 2. The first-order valence-electron chi connectivity index (χ1n) is 16.8. The molecule has 0 spiro atoms. The summed E-state index contributed by atoms with van der Waals surface area (Å²) < 4.78 is 62.7. The van der Waals surface area contributed by atoms with Crippen LogP contribution < -0.4 is 4.90 Å². The van der Waals surface area contributed by atoms with E-state index in [1.165, 1.54) is 54.1 Å². The molecule has 2 aliphatic rings. The predicted octanol–water partition coefficient (Wildman–Crippen LogP) is 6.40. The first kappa shape index (κ1) is 35.0. The number of carbonyl (C=O) groups excluding carboxylic acids is 2. The molecule has 0 unspecified atom stereocenters. The molecule has 2 aromatic heterocycles. The summed E-state index contributed by atoms with van der Waals surface area (Å²) in [5.74, 6) is -1.68. The molecule has 52 heavy (non-hydrogen) atoms. The van der Waals surface area contributed by atoms with Crippen LogP contribution in [0, 0.1) is 12.7 Å². The smallest absolute Gasteiger partial charge is 0.504 e. The summed E-state index contributed by atoms with van der Waals surface area (Å²) in [6.07, 6.45) is -2.56. The molecule has 1 atom stereocenters. The molecule has 10 nitrogen and oxygen atoms in total. The number of nitrogens with zero attached hydrogens (tertiary/aromatic N) is 6. The number of aromatic hydroxyl groups is 1. The summed E-state index contributed by atoms with van der Waals surface area (Å²) in [4.78, 5) is 34.2. The Kier molecular flexibility index (Phi) is 9.36. The number of aromatic nitrogens is 3. The van der Waals surface area contributed by atoms with Crippen LogP contribution in [0.1, 0.15) is 37.5 Å². The van der Waals surface area contributed by atoms with Crippen LogP contribution in [0.5, 0.6) is 5.75 Å². The van der Waals surface area contributed by atoms with Crippen LogP contribution in [0.4, 0.5) is 28.9 Å². The number of benzene rings is 3. The molecule has 0 saturated carbocycles. The van der Waals surface area contributed by atoms with Crippen molar-refractivity contribution in [1.82, 2.24) is 24.1 Å². The van der Waals surface area contributed by atoms with E-state index in [4.69, 9.17) is 4.74 Å². The molecule has 0 aliphatic carbocycles. The first-order valence-corrected chi connectivity index (χ1v) is 16.8. The lowest BCUT2D eigenvalue weighted by atomic mass is 9.92. The van der Waals surface area contributed by atoms with Crippen molar-refractivity contribution in [3.8, 4) is 17.0 Å². The predicted molar refractivity (Wildman–Crippen MR) is 185 cm³/mol. The molecule has 0 bridgehead atoms. The average molecular weight is 717 g/mol. The normalized spacial score (nSPS) is 16.5. The molecule has 0 radical (unpaired) electrons. The molecule has 3 aromatic carbocycles. The van der Waals surface area contributed by atoms with Gasteiger partial charge in [-0.15, -0.1) is 13.2 Å². The van der Waals surface area contributed by atoms with Gasteiger partial charge in [0.25, 0.3) is 11.8 Å². The Morgan fingerprint density at radius 2 is 1.67 bits per heavy atom. The number of amides is 2. The summed E-state index contributed by atoms with van der Waals surface area (Å²) >= 11 is 0. The number of hydrogen-bond acceptors (Lipinski definition) is 6. The average Bonchev–Trinajstić information content (AvgIpc) is 3.74. The summed E-state index contributed by atoms with van der Waals surface area (Å²) in [6, 6.07) is 18.7. The van der Waals surface area contributed by atoms with E-state index in [9.17, 15) is 27.9 Å². The topological polar surface area (TPSA) is 96.1 Å². The van der Waals surface area contributed by atoms with Gasteiger partial charge in [0, 0.05) is 67.5 Å². The number of phenolic OH excluding ortho intramolecular Hbond substituents is 1. The summed E-state index contributed by atoms with van der Waals surface area (Å²) in [7, 11) is 1.67. The quantitative estimate of drug-likeness (QED) is 0.196. The van der Waals surface area contributed by atoms with Crippen molar-refractivity contribution >= 4 is 23.2 Å². The van der Waals surface area contributed by atoms with Gasteiger partial charge < -0.3 is 19.3 Å². The highest BCUT2D eigenvalue weighted by Crippen LogP contribution is 2.36. The molecule has 5 aromatic rings. The Hall–Kier alpha value is -5.47. The number of halogens is 4. The first-order chi connectivity index (χ1) is 24.9. The number of anilines is 2. The zero-order chi connectivity index (χ0) is 36.7. The van der Waals surface area contributed by atoms with E-state index in [1.54, 1.807) is 18.5 Å². The maximum atomic E-state index is 15.1. The molecule has 270 valence electrons. The third kappa shape index (κ3) is 6.78. The lowest BCUT2D eigenvalue weighted by Crippen LogP contribution is -2.52. The number of phenols is 1. The number of alkyl halides is 3. The van der Waals surface area contributed by atoms with Crippen LogP contribution in [-0.2, 0) is 31.1 Å². The van der Waals surface area contributed by atoms with Crippen LogP contribution in [0.25, 0.3) is 11.3 Å². The van der Waals surface area contributed by atoms with E-state index in [2.05, 4.69) is 16.1 Å². The molecule has 4 heterocycles. The van der Waals surface area contributed by atoms with Gasteiger partial charge in [0.2, 0.25) is 0 Å². The third-order valence-electron chi connectivity index (χ3n) is 9.84. The fraction of sp³-hybridized carbons (Fsp3) is 0.289. The van der Waals surface area contributed by atoms with E-state index in [1.807, 2.05) is 23.1 Å². The number of morpholine rings is 1. The molecule has 1 saturated heterocycles. The highest BCUT2D eigenvalue weighted by atomic mass is 19.4. The van der Waals surface area contributed by atoms with Crippen LogP contribution in [0.2, 0.25) is 0 Å². The van der Waals surface area contributed by atoms with Crippen molar-refractivity contribution < 1.29 is 37.0 Å². The Bertz CT molecular complexity index is 2120. The highest BCUT2D eigenvalue weighted by molar-refractivity contribution is 6.12. The Balaban J connectivity index is 1.27. The summed E-state index contributed by atoms with van der Waals surface area (Å²) in [5.41, 5.74) is 3.60. The van der Waals surface area contributed by atoms with Gasteiger partial charge >= 0.3 is 6.30 Å². The van der Waals surface area contributed by atoms with Gasteiger partial charge in [-0.25, -0.2) is 4.39 Å². The van der Waals surface area contributed by atoms with E-state index in [0.29, 0.717) is 50.3 Å². The van der Waals surface area contributed by atoms with Gasteiger partial charge in [0.15, 0.2) is 0 Å². The minimum Gasteiger partial charge on any atom is -0.508 e. The SMILES string of the molecule is Cc1c(C(=O)N(c2ccc(O)cc2)c2cnn(C(F)(F)F)c2)cc(-c2cc(F)ccc2C(=O)N2Cc3ccccc3C[C@H]2CN2CCOCC2)n1C. The minimum absolute atomic E-state index is 0.102. The van der Waals surface area contributed by atoms with Crippen LogP contribution in [-0.4, -0.2) is 80.0 Å². The number of rotatable bonds is 7. The van der Waals surface area contributed by atoms with Crippen molar-refractivity contribution in [3.63, 3.8) is 0 Å².